The van der Waals surface area contributed by atoms with Crippen LogP contribution in [0, 0.1) is 35.0 Å². The number of allylic oxidation sites excluding steroid dienone is 1. The maximum Gasteiger partial charge on any atom is 0.223 e. The van der Waals surface area contributed by atoms with Crippen molar-refractivity contribution in [1.82, 2.24) is 5.32 Å². The number of nitrogens with one attached hydrogen (secondary N) is 1. The number of hydrogen-bond donors (Lipinski definition) is 1. The lowest BCUT2D eigenvalue weighted by Crippen LogP contribution is -2.34. The molecule has 1 amide bonds. The number of Topliss-reactive ketones (excluding diaryl/α,β-unsaturated/α-hetero) is 1. The Hall–Kier alpha value is -1.27. The van der Waals surface area contributed by atoms with Gasteiger partial charge in [0.1, 0.15) is 17.4 Å². The summed E-state index contributed by atoms with van der Waals surface area (Å²) in [5, 5.41) is 3.74. The molecule has 0 aliphatic heterocycles. The molecule has 0 unspecified atom stereocenters. The number of amides is 1. The average molecular weight is 646 g/mol. The third kappa shape index (κ3) is 33.1. The molecule has 1 N–H and O–H groups in total. The van der Waals surface area contributed by atoms with Gasteiger partial charge in [0.05, 0.1) is 17.3 Å². The molecule has 0 spiro atoms. The third-order valence-electron chi connectivity index (χ3n) is 4.52. The smallest absolute Gasteiger partial charge is 0.223 e. The summed E-state index contributed by atoms with van der Waals surface area (Å²) >= 11 is 0. The largest absolute Gasteiger partial charge is 0.342 e. The number of ketones is 1. The highest BCUT2D eigenvalue weighted by Gasteiger charge is 2.19. The van der Waals surface area contributed by atoms with Gasteiger partial charge in [-0.1, -0.05) is 96.1 Å². The predicted molar refractivity (Wildman–Crippen MR) is 172 cm³/mol. The molecule has 246 valence electrons. The van der Waals surface area contributed by atoms with Crippen molar-refractivity contribution >= 4 is 41.2 Å². The van der Waals surface area contributed by atoms with Gasteiger partial charge in [-0.3, -0.25) is 9.59 Å². The van der Waals surface area contributed by atoms with Crippen LogP contribution in [-0.4, -0.2) is 65.8 Å². The Morgan fingerprint density at radius 3 is 1.41 bits per heavy atom. The maximum atomic E-state index is 11.4. The Morgan fingerprint density at radius 2 is 1.07 bits per heavy atom. The van der Waals surface area contributed by atoms with Gasteiger partial charge in [0.15, 0.2) is 29.5 Å². The van der Waals surface area contributed by atoms with Crippen LogP contribution in [0.4, 0.5) is 0 Å². The van der Waals surface area contributed by atoms with Crippen LogP contribution in [0.25, 0.3) is 0 Å². The first-order chi connectivity index (χ1) is 18.1. The van der Waals surface area contributed by atoms with Crippen molar-refractivity contribution in [2.75, 3.05) is 28.9 Å². The van der Waals surface area contributed by atoms with Crippen molar-refractivity contribution in [2.45, 2.75) is 96.4 Å². The van der Waals surface area contributed by atoms with Gasteiger partial charge in [0.25, 0.3) is 0 Å². The van der Waals surface area contributed by atoms with E-state index >= 15 is 0 Å². The molecular formula is C29H59NO8S3. The van der Waals surface area contributed by atoms with E-state index in [2.05, 4.69) is 5.32 Å². The highest BCUT2D eigenvalue weighted by Crippen LogP contribution is 2.16. The summed E-state index contributed by atoms with van der Waals surface area (Å²) in [6.45, 7) is 24.4. The Bertz CT molecular complexity index is 1110. The maximum absolute atomic E-state index is 11.4. The standard InChI is InChI=1S/C10H20O3S.C10H20O2S.C9H19NO3S/c1-8(2)5-10(11)7-14(12,13)6-9(3)4;1-9(2)8-13(11,12)7-6-10(3,4)5;1-7(2)5-14(12,13)6-10-9(11)8(3)4/h8-9H,5-7H2,1-4H3;6-7,9H,8H2,1-5H3;7-8H,5-6H2,1-4H3,(H,10,11)/b;7-6+;. The van der Waals surface area contributed by atoms with Crippen molar-refractivity contribution in [2.24, 2.45) is 35.0 Å². The summed E-state index contributed by atoms with van der Waals surface area (Å²) in [6, 6.07) is 0. The lowest BCUT2D eigenvalue weighted by atomic mass is 9.98. The molecule has 0 saturated carbocycles. The first-order valence-corrected chi connectivity index (χ1v) is 19.6. The summed E-state index contributed by atoms with van der Waals surface area (Å²) < 4.78 is 68.3. The average Bonchev–Trinajstić information content (AvgIpc) is 2.67. The molecule has 0 heterocycles. The minimum Gasteiger partial charge on any atom is -0.342 e. The number of rotatable bonds is 14. The molecule has 0 saturated heterocycles. The van der Waals surface area contributed by atoms with Crippen LogP contribution in [0.15, 0.2) is 11.5 Å². The quantitative estimate of drug-likeness (QED) is 0.275. The molecule has 0 rings (SSSR count). The lowest BCUT2D eigenvalue weighted by Gasteiger charge is -2.11. The molecule has 0 aromatic carbocycles. The van der Waals surface area contributed by atoms with Crippen LogP contribution in [-0.2, 0) is 39.1 Å². The van der Waals surface area contributed by atoms with Gasteiger partial charge in [-0.05, 0) is 29.1 Å². The predicted octanol–water partition coefficient (Wildman–Crippen LogP) is 5.08. The summed E-state index contributed by atoms with van der Waals surface area (Å²) in [5.41, 5.74) is -0.0654. The van der Waals surface area contributed by atoms with E-state index in [1.54, 1.807) is 19.9 Å². The number of carbonyl (C=O) groups is 2. The minimum atomic E-state index is -3.18. The molecule has 41 heavy (non-hydrogen) atoms. The van der Waals surface area contributed by atoms with E-state index in [-0.39, 0.29) is 75.6 Å². The van der Waals surface area contributed by atoms with Gasteiger partial charge in [-0.25, -0.2) is 25.3 Å². The Morgan fingerprint density at radius 1 is 0.659 bits per heavy atom. The van der Waals surface area contributed by atoms with Gasteiger partial charge < -0.3 is 5.32 Å². The van der Waals surface area contributed by atoms with Crippen molar-refractivity contribution in [1.29, 1.82) is 0 Å². The molecule has 0 bridgehead atoms. The van der Waals surface area contributed by atoms with E-state index in [9.17, 15) is 34.8 Å². The minimum absolute atomic E-state index is 0.0654. The molecule has 0 aliphatic rings. The lowest BCUT2D eigenvalue weighted by molar-refractivity contribution is -0.123. The highest BCUT2D eigenvalue weighted by atomic mass is 32.2. The van der Waals surface area contributed by atoms with Gasteiger partial charge in [-0.15, -0.1) is 0 Å². The molecule has 0 fully saturated rings. The SMILES string of the molecule is CC(C)CC(=O)CS(=O)(=O)CC(C)C.CC(C)CS(=O)(=O)/C=C/C(C)(C)C.CC(C)CS(=O)(=O)CNC(=O)C(C)C. The monoisotopic (exact) mass is 645 g/mol. The fourth-order valence-corrected chi connectivity index (χ4v) is 8.00. The number of carbonyl (C=O) groups excluding carboxylic acids is 2. The second-order valence-electron chi connectivity index (χ2n) is 13.6. The fraction of sp³-hybridized carbons (Fsp3) is 0.862. The molecule has 0 radical (unpaired) electrons. The van der Waals surface area contributed by atoms with Crippen LogP contribution in [0.1, 0.15) is 96.4 Å². The summed E-state index contributed by atoms with van der Waals surface area (Å²) in [6.07, 6.45) is 2.10. The van der Waals surface area contributed by atoms with E-state index < -0.39 is 29.5 Å². The molecule has 0 aromatic rings. The highest BCUT2D eigenvalue weighted by molar-refractivity contribution is 7.94. The van der Waals surface area contributed by atoms with Crippen LogP contribution in [0.5, 0.6) is 0 Å². The number of sulfone groups is 3. The van der Waals surface area contributed by atoms with Crippen LogP contribution >= 0.6 is 0 Å². The Balaban J connectivity index is -0.000000529. The van der Waals surface area contributed by atoms with Crippen molar-refractivity contribution in [3.63, 3.8) is 0 Å². The first-order valence-electron chi connectivity index (χ1n) is 14.2. The van der Waals surface area contributed by atoms with Gasteiger partial charge in [0.2, 0.25) is 5.91 Å². The molecular weight excluding hydrogens is 587 g/mol. The van der Waals surface area contributed by atoms with Crippen LogP contribution < -0.4 is 5.32 Å². The zero-order chi connectivity index (χ0) is 33.4. The van der Waals surface area contributed by atoms with Crippen molar-refractivity contribution < 1.29 is 34.8 Å². The summed E-state index contributed by atoms with van der Waals surface area (Å²) in [4.78, 5) is 22.4. The molecule has 0 aromatic heterocycles. The van der Waals surface area contributed by atoms with Crippen LogP contribution in [0.2, 0.25) is 0 Å². The Kier molecular flexibility index (Phi) is 21.4. The second kappa shape index (κ2) is 19.8. The summed E-state index contributed by atoms with van der Waals surface area (Å²) in [5.74, 6) is -0.0377. The second-order valence-corrected chi connectivity index (χ2v) is 19.8. The van der Waals surface area contributed by atoms with E-state index in [0.29, 0.717) is 6.42 Å². The summed E-state index contributed by atoms with van der Waals surface area (Å²) in [7, 11) is -9.31. The zero-order valence-corrected chi connectivity index (χ0v) is 30.2. The third-order valence-corrected chi connectivity index (χ3v) is 9.90. The van der Waals surface area contributed by atoms with E-state index in [4.69, 9.17) is 0 Å². The van der Waals surface area contributed by atoms with E-state index in [1.807, 2.05) is 76.2 Å². The Labute approximate surface area is 252 Å². The number of hydrogen-bond acceptors (Lipinski definition) is 8. The normalized spacial score (nSPS) is 12.9. The van der Waals surface area contributed by atoms with Crippen molar-refractivity contribution in [3.05, 3.63) is 11.5 Å². The van der Waals surface area contributed by atoms with Gasteiger partial charge in [0, 0.05) is 17.7 Å². The van der Waals surface area contributed by atoms with Crippen LogP contribution in [0.3, 0.4) is 0 Å². The van der Waals surface area contributed by atoms with E-state index in [0.717, 1.165) is 0 Å². The molecule has 0 aliphatic carbocycles. The molecule has 12 heteroatoms. The zero-order valence-electron chi connectivity index (χ0n) is 27.8. The molecule has 9 nitrogen and oxygen atoms in total. The molecule has 0 atom stereocenters. The fourth-order valence-electron chi connectivity index (χ4n) is 3.11. The first kappa shape index (κ1) is 44.2. The van der Waals surface area contributed by atoms with Gasteiger partial charge >= 0.3 is 0 Å². The van der Waals surface area contributed by atoms with E-state index in [1.165, 1.54) is 5.41 Å². The van der Waals surface area contributed by atoms with Crippen molar-refractivity contribution in [3.8, 4) is 0 Å². The topological polar surface area (TPSA) is 149 Å². The van der Waals surface area contributed by atoms with Gasteiger partial charge in [-0.2, -0.15) is 0 Å².